The zero-order valence-electron chi connectivity index (χ0n) is 14.8. The van der Waals surface area contributed by atoms with Crippen LogP contribution in [0.2, 0.25) is 0 Å². The van der Waals surface area contributed by atoms with Gasteiger partial charge in [-0.2, -0.15) is 0 Å². The van der Waals surface area contributed by atoms with Crippen LogP contribution in [-0.2, 0) is 33.4 Å². The number of ether oxygens (including phenoxy) is 3. The van der Waals surface area contributed by atoms with Crippen LogP contribution in [0.25, 0.3) is 0 Å². The molecule has 7 nitrogen and oxygen atoms in total. The summed E-state index contributed by atoms with van der Waals surface area (Å²) < 4.78 is 14.2. The van der Waals surface area contributed by atoms with Crippen LogP contribution in [0.5, 0.6) is 0 Å². The largest absolute Gasteiger partial charge is 0.463 e. The van der Waals surface area contributed by atoms with Crippen LogP contribution < -0.4 is 0 Å². The zero-order chi connectivity index (χ0) is 18.6. The number of hydrogen-bond donors (Lipinski definition) is 0. The first-order valence-electron chi connectivity index (χ1n) is 7.89. The van der Waals surface area contributed by atoms with Gasteiger partial charge in [0, 0.05) is 18.6 Å². The van der Waals surface area contributed by atoms with Gasteiger partial charge in [0.25, 0.3) is 0 Å². The van der Waals surface area contributed by atoms with E-state index in [1.54, 1.807) is 6.92 Å². The maximum absolute atomic E-state index is 11.5. The number of unbranched alkanes of at least 4 members (excludes halogenated alkanes) is 1. The summed E-state index contributed by atoms with van der Waals surface area (Å²) in [6, 6.07) is 0. The van der Waals surface area contributed by atoms with Crippen molar-refractivity contribution in [2.75, 3.05) is 13.2 Å². The van der Waals surface area contributed by atoms with E-state index in [1.165, 1.54) is 0 Å². The van der Waals surface area contributed by atoms with Gasteiger partial charge >= 0.3 is 23.9 Å². The molecule has 0 aliphatic rings. The number of carbonyl (C=O) groups is 4. The van der Waals surface area contributed by atoms with Crippen molar-refractivity contribution in [1.82, 2.24) is 0 Å². The second-order valence-corrected chi connectivity index (χ2v) is 6.29. The van der Waals surface area contributed by atoms with Crippen molar-refractivity contribution in [3.05, 3.63) is 12.2 Å². The van der Waals surface area contributed by atoms with Crippen molar-refractivity contribution < 1.29 is 33.4 Å². The Morgan fingerprint density at radius 2 is 1.46 bits per heavy atom. The highest BCUT2D eigenvalue weighted by Crippen LogP contribution is 2.19. The maximum atomic E-state index is 11.5. The number of hydrogen-bond acceptors (Lipinski definition) is 7. The molecule has 0 radical (unpaired) electrons. The van der Waals surface area contributed by atoms with Crippen molar-refractivity contribution in [3.63, 3.8) is 0 Å². The molecular formula is C17H26O7. The highest BCUT2D eigenvalue weighted by atomic mass is 16.6. The minimum Gasteiger partial charge on any atom is -0.463 e. The van der Waals surface area contributed by atoms with Gasteiger partial charge in [-0.25, -0.2) is 9.59 Å². The predicted octanol–water partition coefficient (Wildman–Crippen LogP) is 2.33. The smallest absolute Gasteiger partial charge is 0.331 e. The third-order valence-electron chi connectivity index (χ3n) is 2.56. The summed E-state index contributed by atoms with van der Waals surface area (Å²) in [4.78, 5) is 45.2. The van der Waals surface area contributed by atoms with Crippen LogP contribution >= 0.6 is 0 Å². The average Bonchev–Trinajstić information content (AvgIpc) is 2.42. The topological polar surface area (TPSA) is 96.0 Å². The number of esters is 4. The second kappa shape index (κ2) is 11.4. The molecule has 0 N–H and O–H groups in total. The second-order valence-electron chi connectivity index (χ2n) is 6.29. The van der Waals surface area contributed by atoms with Gasteiger partial charge in [-0.1, -0.05) is 20.8 Å². The lowest BCUT2D eigenvalue weighted by molar-refractivity contribution is -0.161. The highest BCUT2D eigenvalue weighted by molar-refractivity contribution is 5.91. The monoisotopic (exact) mass is 342 g/mol. The summed E-state index contributed by atoms with van der Waals surface area (Å²) in [6.45, 7) is 7.63. The molecule has 0 aromatic rings. The van der Waals surface area contributed by atoms with Crippen LogP contribution in [-0.4, -0.2) is 37.1 Å². The van der Waals surface area contributed by atoms with Gasteiger partial charge in [-0.05, 0) is 25.2 Å². The van der Waals surface area contributed by atoms with Gasteiger partial charge < -0.3 is 14.2 Å². The van der Waals surface area contributed by atoms with E-state index < -0.39 is 23.9 Å². The van der Waals surface area contributed by atoms with Gasteiger partial charge in [0.1, 0.15) is 0 Å². The lowest BCUT2D eigenvalue weighted by atomic mass is 9.92. The van der Waals surface area contributed by atoms with E-state index in [4.69, 9.17) is 9.47 Å². The van der Waals surface area contributed by atoms with Gasteiger partial charge in [-0.15, -0.1) is 0 Å². The number of carbonyl (C=O) groups excluding carboxylic acids is 4. The molecule has 0 spiro atoms. The Balaban J connectivity index is 3.79. The van der Waals surface area contributed by atoms with E-state index in [0.717, 1.165) is 12.2 Å². The SMILES string of the molecule is CCOC(=O)/C=C/C(=O)OCCCCC(=O)OC(=O)CC(C)(C)C. The van der Waals surface area contributed by atoms with E-state index in [0.29, 0.717) is 12.8 Å². The summed E-state index contributed by atoms with van der Waals surface area (Å²) >= 11 is 0. The molecule has 0 unspecified atom stereocenters. The molecule has 0 atom stereocenters. The Labute approximate surface area is 142 Å². The summed E-state index contributed by atoms with van der Waals surface area (Å²) in [7, 11) is 0. The van der Waals surface area contributed by atoms with Crippen LogP contribution in [0.3, 0.4) is 0 Å². The zero-order valence-corrected chi connectivity index (χ0v) is 14.8. The Morgan fingerprint density at radius 1 is 0.875 bits per heavy atom. The van der Waals surface area contributed by atoms with Gasteiger partial charge in [0.2, 0.25) is 0 Å². The number of rotatable bonds is 9. The lowest BCUT2D eigenvalue weighted by Crippen LogP contribution is -2.18. The van der Waals surface area contributed by atoms with Crippen molar-refractivity contribution in [2.45, 2.75) is 53.4 Å². The van der Waals surface area contributed by atoms with Gasteiger partial charge in [0.05, 0.1) is 19.6 Å². The van der Waals surface area contributed by atoms with Crippen LogP contribution in [0, 0.1) is 5.41 Å². The van der Waals surface area contributed by atoms with Crippen molar-refractivity contribution in [1.29, 1.82) is 0 Å². The molecule has 7 heteroatoms. The first kappa shape index (κ1) is 21.8. The molecule has 0 saturated carbocycles. The van der Waals surface area contributed by atoms with E-state index in [2.05, 4.69) is 4.74 Å². The molecule has 0 rings (SSSR count). The molecule has 0 aromatic heterocycles. The molecule has 0 aromatic carbocycles. The minimum atomic E-state index is -0.661. The Kier molecular flexibility index (Phi) is 10.3. The van der Waals surface area contributed by atoms with Gasteiger partial charge in [0.15, 0.2) is 0 Å². The maximum Gasteiger partial charge on any atom is 0.331 e. The normalized spacial score (nSPS) is 11.2. The fourth-order valence-electron chi connectivity index (χ4n) is 1.57. The molecule has 0 fully saturated rings. The first-order valence-corrected chi connectivity index (χ1v) is 7.89. The Morgan fingerprint density at radius 3 is 2.00 bits per heavy atom. The van der Waals surface area contributed by atoms with Crippen LogP contribution in [0.4, 0.5) is 0 Å². The molecule has 0 amide bonds. The van der Waals surface area contributed by atoms with Crippen molar-refractivity contribution >= 4 is 23.9 Å². The molecule has 0 aliphatic carbocycles. The quantitative estimate of drug-likeness (QED) is 0.208. The molecule has 0 saturated heterocycles. The third kappa shape index (κ3) is 13.5. The Hall–Kier alpha value is -2.18. The molecule has 0 aliphatic heterocycles. The molecule has 24 heavy (non-hydrogen) atoms. The van der Waals surface area contributed by atoms with E-state index in [9.17, 15) is 19.2 Å². The van der Waals surface area contributed by atoms with E-state index >= 15 is 0 Å². The van der Waals surface area contributed by atoms with Gasteiger partial charge in [-0.3, -0.25) is 9.59 Å². The minimum absolute atomic E-state index is 0.0755. The first-order chi connectivity index (χ1) is 11.1. The predicted molar refractivity (Wildman–Crippen MR) is 85.8 cm³/mol. The fourth-order valence-corrected chi connectivity index (χ4v) is 1.57. The van der Waals surface area contributed by atoms with Crippen LogP contribution in [0.1, 0.15) is 53.4 Å². The van der Waals surface area contributed by atoms with Crippen LogP contribution in [0.15, 0.2) is 12.2 Å². The average molecular weight is 342 g/mol. The third-order valence-corrected chi connectivity index (χ3v) is 2.56. The fraction of sp³-hybridized carbons (Fsp3) is 0.647. The van der Waals surface area contributed by atoms with Crippen molar-refractivity contribution in [2.24, 2.45) is 5.41 Å². The summed E-state index contributed by atoms with van der Waals surface area (Å²) in [5.74, 6) is -2.40. The molecule has 0 heterocycles. The van der Waals surface area contributed by atoms with E-state index in [-0.39, 0.29) is 31.5 Å². The molecular weight excluding hydrogens is 316 g/mol. The lowest BCUT2D eigenvalue weighted by Gasteiger charge is -2.15. The standard InChI is InChI=1S/C17H26O7/c1-5-22-13(18)9-10-14(19)23-11-7-6-8-15(20)24-16(21)12-17(2,3)4/h9-10H,5-8,11-12H2,1-4H3/b10-9+. The molecule has 0 bridgehead atoms. The van der Waals surface area contributed by atoms with Crippen molar-refractivity contribution in [3.8, 4) is 0 Å². The summed E-state index contributed by atoms with van der Waals surface area (Å²) in [5, 5.41) is 0. The highest BCUT2D eigenvalue weighted by Gasteiger charge is 2.19. The Bertz CT molecular complexity index is 472. The van der Waals surface area contributed by atoms with E-state index in [1.807, 2.05) is 20.8 Å². The summed E-state index contributed by atoms with van der Waals surface area (Å²) in [5.41, 5.74) is -0.233. The molecule has 136 valence electrons. The summed E-state index contributed by atoms with van der Waals surface area (Å²) in [6.07, 6.45) is 3.09.